The summed E-state index contributed by atoms with van der Waals surface area (Å²) in [7, 11) is 0. The average molecular weight is 355 g/mol. The number of oxazole rings is 1. The summed E-state index contributed by atoms with van der Waals surface area (Å²) < 4.78 is 5.60. The molecule has 0 unspecified atom stereocenters. The molecule has 8 heteroatoms. The summed E-state index contributed by atoms with van der Waals surface area (Å²) in [5.41, 5.74) is 3.07. The van der Waals surface area contributed by atoms with Crippen molar-refractivity contribution < 1.29 is 14.1 Å². The number of nitro groups is 1. The topological polar surface area (TPSA) is 89.5 Å². The first-order chi connectivity index (χ1) is 12.1. The molecule has 0 spiro atoms. The zero-order valence-electron chi connectivity index (χ0n) is 13.0. The molecule has 4 rings (SSSR count). The Balaban J connectivity index is 1.47. The molecule has 0 bridgehead atoms. The van der Waals surface area contributed by atoms with E-state index in [1.165, 1.54) is 23.9 Å². The van der Waals surface area contributed by atoms with E-state index in [4.69, 9.17) is 4.42 Å². The fraction of sp³-hybridized carbons (Fsp3) is 0.176. The molecule has 3 aromatic rings. The Morgan fingerprint density at radius 3 is 2.96 bits per heavy atom. The van der Waals surface area contributed by atoms with Crippen LogP contribution in [0.2, 0.25) is 0 Å². The third-order valence-corrected chi connectivity index (χ3v) is 4.88. The van der Waals surface area contributed by atoms with Gasteiger partial charge < -0.3 is 9.32 Å². The van der Waals surface area contributed by atoms with Crippen LogP contribution in [0.25, 0.3) is 11.1 Å². The van der Waals surface area contributed by atoms with Gasteiger partial charge in [-0.15, -0.1) is 0 Å². The van der Waals surface area contributed by atoms with Gasteiger partial charge in [0.25, 0.3) is 10.9 Å². The van der Waals surface area contributed by atoms with Crippen LogP contribution in [0, 0.1) is 10.1 Å². The fourth-order valence-electron chi connectivity index (χ4n) is 2.87. The van der Waals surface area contributed by atoms with Crippen LogP contribution >= 0.6 is 11.8 Å². The first-order valence-electron chi connectivity index (χ1n) is 7.68. The number of non-ortho nitro benzene ring substituents is 1. The number of rotatable bonds is 4. The van der Waals surface area contributed by atoms with Gasteiger partial charge in [0, 0.05) is 24.4 Å². The summed E-state index contributed by atoms with van der Waals surface area (Å²) in [6.07, 6.45) is 0.621. The molecule has 0 saturated carbocycles. The number of nitro benzene ring substituents is 1. The highest BCUT2D eigenvalue weighted by Gasteiger charge is 2.26. The molecule has 0 aliphatic carbocycles. The Morgan fingerprint density at radius 2 is 2.16 bits per heavy atom. The van der Waals surface area contributed by atoms with Gasteiger partial charge in [-0.25, -0.2) is 4.98 Å². The normalized spacial score (nSPS) is 13.2. The number of carbonyl (C=O) groups excluding carboxylic acids is 1. The molecule has 0 fully saturated rings. The van der Waals surface area contributed by atoms with Crippen molar-refractivity contribution in [1.29, 1.82) is 0 Å². The Labute approximate surface area is 146 Å². The Hall–Kier alpha value is -2.87. The van der Waals surface area contributed by atoms with Gasteiger partial charge in [0.2, 0.25) is 5.91 Å². The Kier molecular flexibility index (Phi) is 3.89. The van der Waals surface area contributed by atoms with Crippen molar-refractivity contribution in [3.05, 3.63) is 58.1 Å². The molecule has 1 aromatic heterocycles. The Morgan fingerprint density at radius 1 is 1.32 bits per heavy atom. The predicted octanol–water partition coefficient (Wildman–Crippen LogP) is 3.42. The van der Waals surface area contributed by atoms with Gasteiger partial charge in [-0.05, 0) is 30.2 Å². The number of aromatic nitrogens is 1. The van der Waals surface area contributed by atoms with Crippen LogP contribution < -0.4 is 4.90 Å². The minimum atomic E-state index is -0.423. The zero-order valence-corrected chi connectivity index (χ0v) is 13.9. The van der Waals surface area contributed by atoms with E-state index >= 15 is 0 Å². The minimum Gasteiger partial charge on any atom is -0.431 e. The second kappa shape index (κ2) is 6.21. The van der Waals surface area contributed by atoms with Gasteiger partial charge in [0.15, 0.2) is 5.58 Å². The number of fused-ring (bicyclic) bond motifs is 2. The highest BCUT2D eigenvalue weighted by molar-refractivity contribution is 7.99. The lowest BCUT2D eigenvalue weighted by Crippen LogP contribution is -2.30. The fourth-order valence-corrected chi connectivity index (χ4v) is 3.59. The second-order valence-corrected chi connectivity index (χ2v) is 6.53. The number of hydrogen-bond donors (Lipinski definition) is 0. The summed E-state index contributed by atoms with van der Waals surface area (Å²) in [5, 5.41) is 11.3. The number of hydrogen-bond acceptors (Lipinski definition) is 6. The van der Waals surface area contributed by atoms with Gasteiger partial charge in [0.1, 0.15) is 5.52 Å². The van der Waals surface area contributed by atoms with E-state index < -0.39 is 4.92 Å². The smallest absolute Gasteiger partial charge is 0.269 e. The van der Waals surface area contributed by atoms with Gasteiger partial charge in [0.05, 0.1) is 10.7 Å². The lowest BCUT2D eigenvalue weighted by molar-refractivity contribution is -0.384. The molecule has 126 valence electrons. The first-order valence-corrected chi connectivity index (χ1v) is 8.66. The lowest BCUT2D eigenvalue weighted by atomic mass is 10.1. The molecule has 1 aliphatic heterocycles. The maximum absolute atomic E-state index is 12.5. The average Bonchev–Trinajstić information content (AvgIpc) is 3.22. The van der Waals surface area contributed by atoms with Crippen LogP contribution in [0.4, 0.5) is 11.4 Å². The first kappa shape index (κ1) is 15.6. The molecule has 25 heavy (non-hydrogen) atoms. The van der Waals surface area contributed by atoms with Crippen molar-refractivity contribution in [2.45, 2.75) is 11.6 Å². The van der Waals surface area contributed by atoms with E-state index in [9.17, 15) is 14.9 Å². The molecule has 7 nitrogen and oxygen atoms in total. The van der Waals surface area contributed by atoms with Crippen LogP contribution in [0.1, 0.15) is 5.56 Å². The lowest BCUT2D eigenvalue weighted by Gasteiger charge is -2.16. The summed E-state index contributed by atoms with van der Waals surface area (Å²) in [5.74, 6) is 0.128. The van der Waals surface area contributed by atoms with E-state index in [0.29, 0.717) is 23.8 Å². The van der Waals surface area contributed by atoms with Crippen LogP contribution in [0.3, 0.4) is 0 Å². The van der Waals surface area contributed by atoms with E-state index in [0.717, 1.165) is 16.8 Å². The third-order valence-electron chi connectivity index (χ3n) is 4.06. The standard InChI is InChI=1S/C17H13N3O4S/c21-16(10-25-17-18-13-3-1-2-4-15(13)24-17)19-8-7-11-9-12(20(22)23)5-6-14(11)19/h1-6,9H,7-8,10H2. The molecule has 2 heterocycles. The molecular formula is C17H13N3O4S. The minimum absolute atomic E-state index is 0.0499. The molecular weight excluding hydrogens is 342 g/mol. The summed E-state index contributed by atoms with van der Waals surface area (Å²) in [4.78, 5) is 28.9. The quantitative estimate of drug-likeness (QED) is 0.405. The van der Waals surface area contributed by atoms with Crippen LogP contribution in [-0.2, 0) is 11.2 Å². The van der Waals surface area contributed by atoms with Crippen LogP contribution in [-0.4, -0.2) is 28.1 Å². The van der Waals surface area contributed by atoms with Crippen molar-refractivity contribution in [1.82, 2.24) is 4.98 Å². The monoisotopic (exact) mass is 355 g/mol. The number of amides is 1. The molecule has 2 aromatic carbocycles. The Bertz CT molecular complexity index is 952. The molecule has 0 saturated heterocycles. The highest BCUT2D eigenvalue weighted by Crippen LogP contribution is 2.32. The van der Waals surface area contributed by atoms with Crippen molar-refractivity contribution in [3.8, 4) is 0 Å². The second-order valence-electron chi connectivity index (χ2n) is 5.60. The molecule has 1 aliphatic rings. The van der Waals surface area contributed by atoms with Crippen molar-refractivity contribution in [2.24, 2.45) is 0 Å². The predicted molar refractivity (Wildman–Crippen MR) is 93.9 cm³/mol. The number of thioether (sulfide) groups is 1. The van der Waals surface area contributed by atoms with Crippen LogP contribution in [0.15, 0.2) is 52.1 Å². The number of nitrogens with zero attached hydrogens (tertiary/aromatic N) is 3. The van der Waals surface area contributed by atoms with E-state index in [-0.39, 0.29) is 17.3 Å². The van der Waals surface area contributed by atoms with Gasteiger partial charge >= 0.3 is 0 Å². The third kappa shape index (κ3) is 2.96. The summed E-state index contributed by atoms with van der Waals surface area (Å²) >= 11 is 1.25. The highest BCUT2D eigenvalue weighted by atomic mass is 32.2. The molecule has 0 radical (unpaired) electrons. The van der Waals surface area contributed by atoms with E-state index in [2.05, 4.69) is 4.98 Å². The number of para-hydroxylation sites is 2. The van der Waals surface area contributed by atoms with Gasteiger partial charge in [-0.3, -0.25) is 14.9 Å². The summed E-state index contributed by atoms with van der Waals surface area (Å²) in [6, 6.07) is 12.0. The SMILES string of the molecule is O=C(CSc1nc2ccccc2o1)N1CCc2cc([N+](=O)[O-])ccc21. The number of carbonyl (C=O) groups is 1. The zero-order chi connectivity index (χ0) is 17.4. The van der Waals surface area contributed by atoms with Crippen LogP contribution in [0.5, 0.6) is 0 Å². The van der Waals surface area contributed by atoms with Crippen molar-refractivity contribution in [3.63, 3.8) is 0 Å². The maximum atomic E-state index is 12.5. The molecule has 0 atom stereocenters. The summed E-state index contributed by atoms with van der Waals surface area (Å²) in [6.45, 7) is 0.531. The van der Waals surface area contributed by atoms with Gasteiger partial charge in [-0.2, -0.15) is 0 Å². The van der Waals surface area contributed by atoms with Gasteiger partial charge in [-0.1, -0.05) is 23.9 Å². The molecule has 1 amide bonds. The largest absolute Gasteiger partial charge is 0.431 e. The maximum Gasteiger partial charge on any atom is 0.269 e. The van der Waals surface area contributed by atoms with E-state index in [1.807, 2.05) is 24.3 Å². The van der Waals surface area contributed by atoms with E-state index in [1.54, 1.807) is 11.0 Å². The van der Waals surface area contributed by atoms with Crippen molar-refractivity contribution >= 4 is 40.1 Å². The number of benzene rings is 2. The van der Waals surface area contributed by atoms with Crippen molar-refractivity contribution in [2.75, 3.05) is 17.2 Å². The number of anilines is 1. The molecule has 0 N–H and O–H groups in total.